The highest BCUT2D eigenvalue weighted by molar-refractivity contribution is 7.93. The standard InChI is InChI=1S/C20H25NO4S/c1-5-24-18-13-20(19(25-6-2)11-14(18)3)26(22,23)21-15(4)12-16-9-7-8-10-17(16)21/h7-11,13,15H,5-6,12H2,1-4H3/t15-/m1/s1. The van der Waals surface area contributed by atoms with Gasteiger partial charge in [-0.2, -0.15) is 0 Å². The van der Waals surface area contributed by atoms with Gasteiger partial charge in [-0.1, -0.05) is 18.2 Å². The Labute approximate surface area is 155 Å². The molecule has 6 heteroatoms. The molecular formula is C20H25NO4S. The third-order valence-electron chi connectivity index (χ3n) is 4.52. The Bertz CT molecular complexity index is 908. The van der Waals surface area contributed by atoms with Gasteiger partial charge >= 0.3 is 0 Å². The van der Waals surface area contributed by atoms with Crippen LogP contribution in [-0.2, 0) is 16.4 Å². The van der Waals surface area contributed by atoms with Crippen molar-refractivity contribution in [2.75, 3.05) is 17.5 Å². The Kier molecular flexibility index (Phi) is 5.14. The SMILES string of the molecule is CCOc1cc(S(=O)(=O)N2c3ccccc3C[C@H]2C)c(OCC)cc1C. The molecule has 1 heterocycles. The summed E-state index contributed by atoms with van der Waals surface area (Å²) < 4.78 is 39.9. The van der Waals surface area contributed by atoms with E-state index in [1.54, 1.807) is 12.1 Å². The lowest BCUT2D eigenvalue weighted by molar-refractivity contribution is 0.320. The lowest BCUT2D eigenvalue weighted by atomic mass is 10.1. The Morgan fingerprint density at radius 3 is 2.42 bits per heavy atom. The third kappa shape index (κ3) is 3.14. The molecule has 0 saturated heterocycles. The third-order valence-corrected chi connectivity index (χ3v) is 6.47. The second kappa shape index (κ2) is 7.19. The van der Waals surface area contributed by atoms with Gasteiger partial charge in [0, 0.05) is 12.1 Å². The summed E-state index contributed by atoms with van der Waals surface area (Å²) >= 11 is 0. The van der Waals surface area contributed by atoms with Crippen molar-refractivity contribution in [3.8, 4) is 11.5 Å². The van der Waals surface area contributed by atoms with E-state index in [-0.39, 0.29) is 10.9 Å². The molecule has 5 nitrogen and oxygen atoms in total. The first-order valence-electron chi connectivity index (χ1n) is 8.92. The Morgan fingerprint density at radius 2 is 1.73 bits per heavy atom. The van der Waals surface area contributed by atoms with Gasteiger partial charge in [-0.15, -0.1) is 0 Å². The largest absolute Gasteiger partial charge is 0.494 e. The molecule has 0 aromatic heterocycles. The fourth-order valence-corrected chi connectivity index (χ4v) is 5.26. The summed E-state index contributed by atoms with van der Waals surface area (Å²) in [6.45, 7) is 8.39. The molecule has 2 aromatic rings. The fourth-order valence-electron chi connectivity index (χ4n) is 3.43. The second-order valence-corrected chi connectivity index (χ2v) is 8.20. The second-order valence-electron chi connectivity index (χ2n) is 6.41. The number of rotatable bonds is 6. The van der Waals surface area contributed by atoms with E-state index in [1.807, 2.05) is 52.0 Å². The van der Waals surface area contributed by atoms with Crippen molar-refractivity contribution >= 4 is 15.7 Å². The minimum Gasteiger partial charge on any atom is -0.494 e. The van der Waals surface area contributed by atoms with Crippen molar-refractivity contribution in [1.82, 2.24) is 0 Å². The molecule has 2 aromatic carbocycles. The van der Waals surface area contributed by atoms with Gasteiger partial charge in [-0.3, -0.25) is 4.31 Å². The van der Waals surface area contributed by atoms with Gasteiger partial charge in [0.05, 0.1) is 18.9 Å². The number of hydrogen-bond donors (Lipinski definition) is 0. The number of hydrogen-bond acceptors (Lipinski definition) is 4. The molecule has 0 bridgehead atoms. The van der Waals surface area contributed by atoms with Crippen LogP contribution in [0, 0.1) is 6.92 Å². The number of aryl methyl sites for hydroxylation is 1. The Hall–Kier alpha value is -2.21. The first-order valence-corrected chi connectivity index (χ1v) is 10.4. The van der Waals surface area contributed by atoms with Crippen LogP contribution in [0.2, 0.25) is 0 Å². The summed E-state index contributed by atoms with van der Waals surface area (Å²) in [6, 6.07) is 10.8. The van der Waals surface area contributed by atoms with E-state index in [2.05, 4.69) is 0 Å². The highest BCUT2D eigenvalue weighted by Crippen LogP contribution is 2.40. The minimum atomic E-state index is -3.78. The van der Waals surface area contributed by atoms with E-state index in [0.717, 1.165) is 16.8 Å². The van der Waals surface area contributed by atoms with E-state index >= 15 is 0 Å². The van der Waals surface area contributed by atoms with Crippen LogP contribution in [0.4, 0.5) is 5.69 Å². The highest BCUT2D eigenvalue weighted by atomic mass is 32.2. The molecule has 140 valence electrons. The fraction of sp³-hybridized carbons (Fsp3) is 0.400. The van der Waals surface area contributed by atoms with E-state index in [4.69, 9.17) is 9.47 Å². The van der Waals surface area contributed by atoms with Crippen molar-refractivity contribution < 1.29 is 17.9 Å². The zero-order chi connectivity index (χ0) is 18.9. The first kappa shape index (κ1) is 18.6. The van der Waals surface area contributed by atoms with E-state index < -0.39 is 10.0 Å². The molecule has 0 saturated carbocycles. The molecule has 1 atom stereocenters. The Balaban J connectivity index is 2.16. The van der Waals surface area contributed by atoms with Crippen LogP contribution in [0.1, 0.15) is 31.9 Å². The Morgan fingerprint density at radius 1 is 1.08 bits per heavy atom. The number of nitrogens with zero attached hydrogens (tertiary/aromatic N) is 1. The summed E-state index contributed by atoms with van der Waals surface area (Å²) in [4.78, 5) is 0.150. The maximum atomic E-state index is 13.6. The summed E-state index contributed by atoms with van der Waals surface area (Å²) in [7, 11) is -3.78. The van der Waals surface area contributed by atoms with Crippen LogP contribution in [0.3, 0.4) is 0 Å². The van der Waals surface area contributed by atoms with Crippen LogP contribution in [-0.4, -0.2) is 27.7 Å². The van der Waals surface area contributed by atoms with Gasteiger partial charge in [0.15, 0.2) is 0 Å². The first-order chi connectivity index (χ1) is 12.4. The van der Waals surface area contributed by atoms with Crippen molar-refractivity contribution in [3.63, 3.8) is 0 Å². The van der Waals surface area contributed by atoms with Crippen molar-refractivity contribution in [2.45, 2.75) is 45.1 Å². The number of benzene rings is 2. The van der Waals surface area contributed by atoms with Gasteiger partial charge in [-0.25, -0.2) is 8.42 Å². The number of anilines is 1. The van der Waals surface area contributed by atoms with E-state index in [9.17, 15) is 8.42 Å². The van der Waals surface area contributed by atoms with Gasteiger partial charge in [-0.05, 0) is 57.4 Å². The molecule has 1 aliphatic rings. The molecule has 1 aliphatic heterocycles. The van der Waals surface area contributed by atoms with Crippen molar-refractivity contribution in [2.24, 2.45) is 0 Å². The minimum absolute atomic E-state index is 0.149. The molecule has 0 radical (unpaired) electrons. The number of fused-ring (bicyclic) bond motifs is 1. The smallest absolute Gasteiger partial charge is 0.268 e. The van der Waals surface area contributed by atoms with Crippen LogP contribution in [0.25, 0.3) is 0 Å². The monoisotopic (exact) mass is 375 g/mol. The molecular weight excluding hydrogens is 350 g/mol. The summed E-state index contributed by atoms with van der Waals surface area (Å²) in [5, 5.41) is 0. The predicted molar refractivity (Wildman–Crippen MR) is 103 cm³/mol. The molecule has 3 rings (SSSR count). The van der Waals surface area contributed by atoms with Crippen LogP contribution >= 0.6 is 0 Å². The number of para-hydroxylation sites is 1. The molecule has 0 unspecified atom stereocenters. The zero-order valence-corrected chi connectivity index (χ0v) is 16.5. The van der Waals surface area contributed by atoms with Gasteiger partial charge in [0.25, 0.3) is 10.0 Å². The van der Waals surface area contributed by atoms with Gasteiger partial charge in [0.1, 0.15) is 16.4 Å². The van der Waals surface area contributed by atoms with Crippen LogP contribution < -0.4 is 13.8 Å². The van der Waals surface area contributed by atoms with Crippen molar-refractivity contribution in [3.05, 3.63) is 47.5 Å². The predicted octanol–water partition coefficient (Wildman–Crippen LogP) is 3.93. The van der Waals surface area contributed by atoms with Crippen LogP contribution in [0.5, 0.6) is 11.5 Å². The highest BCUT2D eigenvalue weighted by Gasteiger charge is 2.37. The lowest BCUT2D eigenvalue weighted by Crippen LogP contribution is -2.36. The molecule has 0 amide bonds. The number of ether oxygens (including phenoxy) is 2. The van der Waals surface area contributed by atoms with Gasteiger partial charge < -0.3 is 9.47 Å². The topological polar surface area (TPSA) is 55.8 Å². The maximum Gasteiger partial charge on any atom is 0.268 e. The molecule has 0 N–H and O–H groups in total. The summed E-state index contributed by atoms with van der Waals surface area (Å²) in [5.41, 5.74) is 2.63. The summed E-state index contributed by atoms with van der Waals surface area (Å²) in [5.74, 6) is 0.930. The number of sulfonamides is 1. The average Bonchev–Trinajstić information content (AvgIpc) is 2.93. The van der Waals surface area contributed by atoms with Crippen molar-refractivity contribution in [1.29, 1.82) is 0 Å². The van der Waals surface area contributed by atoms with Gasteiger partial charge in [0.2, 0.25) is 0 Å². The lowest BCUT2D eigenvalue weighted by Gasteiger charge is -2.26. The maximum absolute atomic E-state index is 13.6. The molecule has 26 heavy (non-hydrogen) atoms. The van der Waals surface area contributed by atoms with E-state index in [1.165, 1.54) is 4.31 Å². The van der Waals surface area contributed by atoms with E-state index in [0.29, 0.717) is 31.1 Å². The normalized spacial score (nSPS) is 16.5. The average molecular weight is 375 g/mol. The molecule has 0 aliphatic carbocycles. The zero-order valence-electron chi connectivity index (χ0n) is 15.7. The molecule has 0 fully saturated rings. The molecule has 0 spiro atoms. The van der Waals surface area contributed by atoms with Crippen LogP contribution in [0.15, 0.2) is 41.3 Å². The quantitative estimate of drug-likeness (QED) is 0.768. The summed E-state index contributed by atoms with van der Waals surface area (Å²) in [6.07, 6.45) is 0.698.